The maximum atomic E-state index is 5.93. The van der Waals surface area contributed by atoms with Gasteiger partial charge in [0.1, 0.15) is 0 Å². The average Bonchev–Trinajstić information content (AvgIpc) is 2.74. The van der Waals surface area contributed by atoms with Gasteiger partial charge < -0.3 is 0 Å². The summed E-state index contributed by atoms with van der Waals surface area (Å²) in [5.41, 5.74) is 3.36. The van der Waals surface area contributed by atoms with E-state index in [1.54, 1.807) is 11.3 Å². The Balaban J connectivity index is 2.33. The van der Waals surface area contributed by atoms with Crippen molar-refractivity contribution in [3.05, 3.63) is 46.1 Å². The predicted octanol–water partition coefficient (Wildman–Crippen LogP) is 5.20. The summed E-state index contributed by atoms with van der Waals surface area (Å²) in [5.74, 6) is 0. The molecule has 0 aromatic carbocycles. The van der Waals surface area contributed by atoms with E-state index in [-0.39, 0.29) is 0 Å². The number of allylic oxidation sites excluding steroid dienone is 1. The van der Waals surface area contributed by atoms with E-state index in [2.05, 4.69) is 37.0 Å². The van der Waals surface area contributed by atoms with Gasteiger partial charge in [0.15, 0.2) is 0 Å². The summed E-state index contributed by atoms with van der Waals surface area (Å²) >= 11 is 7.57. The highest BCUT2D eigenvalue weighted by Crippen LogP contribution is 2.30. The van der Waals surface area contributed by atoms with E-state index in [1.165, 1.54) is 5.56 Å². The molecule has 0 N–H and O–H groups in total. The molecule has 0 unspecified atom stereocenters. The number of aromatic nitrogens is 1. The van der Waals surface area contributed by atoms with E-state index in [9.17, 15) is 0 Å². The minimum atomic E-state index is 0.789. The number of rotatable bonds is 3. The van der Waals surface area contributed by atoms with Crippen molar-refractivity contribution in [2.24, 2.45) is 0 Å². The lowest BCUT2D eigenvalue weighted by Gasteiger charge is -2.02. The molecule has 0 bridgehead atoms. The zero-order valence-electron chi connectivity index (χ0n) is 9.90. The normalized spacial score (nSPS) is 11.2. The number of thiophene rings is 1. The maximum Gasteiger partial charge on any atom is 0.0656 e. The van der Waals surface area contributed by atoms with Crippen LogP contribution < -0.4 is 0 Å². The fourth-order valence-electron chi connectivity index (χ4n) is 1.59. The second kappa shape index (κ2) is 5.48. The van der Waals surface area contributed by atoms with Gasteiger partial charge in [-0.15, -0.1) is 11.3 Å². The largest absolute Gasteiger partial charge is 0.256 e. The number of hydrogen-bond donors (Lipinski definition) is 0. The molecule has 0 aliphatic heterocycles. The van der Waals surface area contributed by atoms with Crippen LogP contribution >= 0.6 is 22.9 Å². The molecule has 0 aliphatic carbocycles. The summed E-state index contributed by atoms with van der Waals surface area (Å²) in [6, 6.07) is 4.13. The van der Waals surface area contributed by atoms with Gasteiger partial charge in [0, 0.05) is 22.0 Å². The second-order valence-corrected chi connectivity index (χ2v) is 5.21. The Morgan fingerprint density at radius 3 is 2.82 bits per heavy atom. The first kappa shape index (κ1) is 12.3. The Hall–Kier alpha value is -1.12. The van der Waals surface area contributed by atoms with E-state index >= 15 is 0 Å². The molecule has 88 valence electrons. The van der Waals surface area contributed by atoms with Crippen LogP contribution in [-0.4, -0.2) is 4.98 Å². The molecule has 0 radical (unpaired) electrons. The first-order valence-electron chi connectivity index (χ1n) is 5.58. The molecule has 0 saturated heterocycles. The number of aryl methyl sites for hydroxylation is 1. The van der Waals surface area contributed by atoms with Gasteiger partial charge in [0.05, 0.1) is 10.7 Å². The summed E-state index contributed by atoms with van der Waals surface area (Å²) in [6.45, 7) is 4.20. The first-order valence-corrected chi connectivity index (χ1v) is 6.84. The Bertz CT molecular complexity index is 543. The van der Waals surface area contributed by atoms with Crippen molar-refractivity contribution in [3.63, 3.8) is 0 Å². The van der Waals surface area contributed by atoms with E-state index in [0.29, 0.717) is 0 Å². The van der Waals surface area contributed by atoms with Crippen LogP contribution in [0.3, 0.4) is 0 Å². The highest BCUT2D eigenvalue weighted by Gasteiger charge is 2.04. The number of hydrogen-bond acceptors (Lipinski definition) is 2. The summed E-state index contributed by atoms with van der Waals surface area (Å²) in [4.78, 5) is 5.64. The third-order valence-corrected chi connectivity index (χ3v) is 3.81. The molecule has 3 heteroatoms. The average molecular weight is 264 g/mol. The van der Waals surface area contributed by atoms with E-state index < -0.39 is 0 Å². The standard InChI is InChI=1S/C14H14ClNS/c1-3-4-5-13-10(2)6-11(8-16-13)14-7-12(15)9-17-14/h4-9H,3H2,1-2H3/b5-4-. The van der Waals surface area contributed by atoms with Crippen molar-refractivity contribution < 1.29 is 0 Å². The molecular weight excluding hydrogens is 250 g/mol. The smallest absolute Gasteiger partial charge is 0.0656 e. The zero-order chi connectivity index (χ0) is 12.3. The second-order valence-electron chi connectivity index (χ2n) is 3.87. The van der Waals surface area contributed by atoms with Gasteiger partial charge in [-0.3, -0.25) is 4.98 Å². The van der Waals surface area contributed by atoms with Crippen molar-refractivity contribution >= 4 is 29.0 Å². The fourth-order valence-corrected chi connectivity index (χ4v) is 2.65. The molecule has 0 saturated carbocycles. The molecule has 2 aromatic heterocycles. The molecule has 2 aromatic rings. The topological polar surface area (TPSA) is 12.9 Å². The van der Waals surface area contributed by atoms with Crippen molar-refractivity contribution in [1.29, 1.82) is 0 Å². The van der Waals surface area contributed by atoms with Crippen molar-refractivity contribution in [2.45, 2.75) is 20.3 Å². The van der Waals surface area contributed by atoms with Gasteiger partial charge in [0.25, 0.3) is 0 Å². The zero-order valence-corrected chi connectivity index (χ0v) is 11.5. The Kier molecular flexibility index (Phi) is 3.97. The van der Waals surface area contributed by atoms with Gasteiger partial charge in [0.2, 0.25) is 0 Å². The van der Waals surface area contributed by atoms with Crippen molar-refractivity contribution in [1.82, 2.24) is 4.98 Å². The van der Waals surface area contributed by atoms with E-state index in [0.717, 1.165) is 27.6 Å². The molecule has 0 fully saturated rings. The van der Waals surface area contributed by atoms with E-state index in [1.807, 2.05) is 17.6 Å². The molecule has 2 heterocycles. The molecule has 0 amide bonds. The third-order valence-electron chi connectivity index (χ3n) is 2.48. The molecule has 1 nitrogen and oxygen atoms in total. The highest BCUT2D eigenvalue weighted by molar-refractivity contribution is 7.14. The predicted molar refractivity (Wildman–Crippen MR) is 76.6 cm³/mol. The van der Waals surface area contributed by atoms with Crippen molar-refractivity contribution in [3.8, 4) is 10.4 Å². The molecule has 0 aliphatic rings. The molecular formula is C14H14ClNS. The van der Waals surface area contributed by atoms with Gasteiger partial charge in [-0.1, -0.05) is 24.6 Å². The van der Waals surface area contributed by atoms with Crippen LogP contribution in [0, 0.1) is 6.92 Å². The summed E-state index contributed by atoms with van der Waals surface area (Å²) in [6.07, 6.45) is 7.13. The molecule has 2 rings (SSSR count). The Morgan fingerprint density at radius 2 is 2.24 bits per heavy atom. The van der Waals surface area contributed by atoms with Crippen LogP contribution in [0.25, 0.3) is 16.5 Å². The van der Waals surface area contributed by atoms with Crippen LogP contribution in [0.2, 0.25) is 5.02 Å². The van der Waals surface area contributed by atoms with Gasteiger partial charge in [-0.2, -0.15) is 0 Å². The molecule has 17 heavy (non-hydrogen) atoms. The number of pyridine rings is 1. The lowest BCUT2D eigenvalue weighted by molar-refractivity contribution is 1.21. The van der Waals surface area contributed by atoms with Gasteiger partial charge in [-0.25, -0.2) is 0 Å². The lowest BCUT2D eigenvalue weighted by atomic mass is 10.1. The molecule has 0 spiro atoms. The van der Waals surface area contributed by atoms with Crippen LogP contribution in [0.15, 0.2) is 29.8 Å². The Morgan fingerprint density at radius 1 is 1.41 bits per heavy atom. The summed E-state index contributed by atoms with van der Waals surface area (Å²) < 4.78 is 0. The fraction of sp³-hybridized carbons (Fsp3) is 0.214. The Labute approximate surface area is 111 Å². The third kappa shape index (κ3) is 2.96. The van der Waals surface area contributed by atoms with Gasteiger partial charge in [-0.05, 0) is 37.1 Å². The van der Waals surface area contributed by atoms with Gasteiger partial charge >= 0.3 is 0 Å². The summed E-state index contributed by atoms with van der Waals surface area (Å²) in [5, 5.41) is 2.73. The minimum absolute atomic E-state index is 0.789. The van der Waals surface area contributed by atoms with Crippen LogP contribution in [-0.2, 0) is 0 Å². The SMILES string of the molecule is CC/C=C\c1ncc(-c2cc(Cl)cs2)cc1C. The quantitative estimate of drug-likeness (QED) is 0.742. The monoisotopic (exact) mass is 263 g/mol. The van der Waals surface area contributed by atoms with Crippen LogP contribution in [0.4, 0.5) is 0 Å². The van der Waals surface area contributed by atoms with Crippen molar-refractivity contribution in [2.75, 3.05) is 0 Å². The minimum Gasteiger partial charge on any atom is -0.256 e. The van der Waals surface area contributed by atoms with Crippen LogP contribution in [0.1, 0.15) is 24.6 Å². The number of halogens is 1. The molecule has 0 atom stereocenters. The first-order chi connectivity index (χ1) is 8.20. The lowest BCUT2D eigenvalue weighted by Crippen LogP contribution is -1.87. The van der Waals surface area contributed by atoms with E-state index in [4.69, 9.17) is 11.6 Å². The highest BCUT2D eigenvalue weighted by atomic mass is 35.5. The van der Waals surface area contributed by atoms with Crippen LogP contribution in [0.5, 0.6) is 0 Å². The maximum absolute atomic E-state index is 5.93. The summed E-state index contributed by atoms with van der Waals surface area (Å²) in [7, 11) is 0. The number of nitrogens with zero attached hydrogens (tertiary/aromatic N) is 1.